The van der Waals surface area contributed by atoms with Gasteiger partial charge in [-0.1, -0.05) is 31.2 Å². The minimum absolute atomic E-state index is 0.0605. The van der Waals surface area contributed by atoms with Crippen molar-refractivity contribution < 1.29 is 9.90 Å². The third kappa shape index (κ3) is 4.16. The minimum Gasteiger partial charge on any atom is -0.481 e. The van der Waals surface area contributed by atoms with E-state index in [0.717, 1.165) is 29.8 Å². The molecule has 112 valence electrons. The maximum atomic E-state index is 10.9. The summed E-state index contributed by atoms with van der Waals surface area (Å²) in [7, 11) is 1.92. The fourth-order valence-electron chi connectivity index (χ4n) is 2.43. The van der Waals surface area contributed by atoms with Gasteiger partial charge in [-0.25, -0.2) is 0 Å². The van der Waals surface area contributed by atoms with Gasteiger partial charge in [-0.2, -0.15) is 5.10 Å². The van der Waals surface area contributed by atoms with E-state index in [9.17, 15) is 4.79 Å². The van der Waals surface area contributed by atoms with Gasteiger partial charge in [-0.15, -0.1) is 0 Å². The fourth-order valence-corrected chi connectivity index (χ4v) is 2.43. The van der Waals surface area contributed by atoms with Crippen molar-refractivity contribution in [3.8, 4) is 0 Å². The van der Waals surface area contributed by atoms with Crippen LogP contribution in [0.25, 0.3) is 0 Å². The van der Waals surface area contributed by atoms with Crippen LogP contribution in [0, 0.1) is 0 Å². The number of hydrogen-bond acceptors (Lipinski definition) is 3. The fraction of sp³-hybridized carbons (Fsp3) is 0.375. The van der Waals surface area contributed by atoms with Crippen LogP contribution < -0.4 is 5.32 Å². The first-order chi connectivity index (χ1) is 10.1. The molecule has 0 atom stereocenters. The zero-order chi connectivity index (χ0) is 15.2. The van der Waals surface area contributed by atoms with Crippen LogP contribution in [0.3, 0.4) is 0 Å². The van der Waals surface area contributed by atoms with Crippen molar-refractivity contribution in [3.63, 3.8) is 0 Å². The Bertz CT molecular complexity index is 620. The van der Waals surface area contributed by atoms with Crippen LogP contribution in [0.5, 0.6) is 0 Å². The molecule has 21 heavy (non-hydrogen) atoms. The van der Waals surface area contributed by atoms with Gasteiger partial charge >= 0.3 is 5.97 Å². The average Bonchev–Trinajstić information content (AvgIpc) is 2.80. The molecule has 1 aromatic heterocycles. The van der Waals surface area contributed by atoms with Gasteiger partial charge in [0.2, 0.25) is 0 Å². The number of aromatic nitrogens is 2. The van der Waals surface area contributed by atoms with Gasteiger partial charge in [0.15, 0.2) is 0 Å². The molecule has 0 unspecified atom stereocenters. The van der Waals surface area contributed by atoms with Crippen LogP contribution in [-0.4, -0.2) is 20.9 Å². The number of nitrogens with one attached hydrogen (secondary N) is 1. The third-order valence-corrected chi connectivity index (χ3v) is 3.42. The number of carboxylic acid groups (broad SMARTS) is 1. The lowest BCUT2D eigenvalue weighted by Gasteiger charge is -2.09. The SMILES string of the molecule is CCc1nn(C)cc1CNCc1ccccc1CC(=O)O. The van der Waals surface area contributed by atoms with E-state index in [0.29, 0.717) is 6.54 Å². The van der Waals surface area contributed by atoms with Crippen molar-refractivity contribution in [1.29, 1.82) is 0 Å². The van der Waals surface area contributed by atoms with Gasteiger partial charge in [0.05, 0.1) is 12.1 Å². The van der Waals surface area contributed by atoms with Crippen molar-refractivity contribution in [2.45, 2.75) is 32.9 Å². The predicted molar refractivity (Wildman–Crippen MR) is 80.9 cm³/mol. The summed E-state index contributed by atoms with van der Waals surface area (Å²) in [5, 5.41) is 16.7. The molecular formula is C16H21N3O2. The number of hydrogen-bond donors (Lipinski definition) is 2. The van der Waals surface area contributed by atoms with Crippen LogP contribution in [0.2, 0.25) is 0 Å². The summed E-state index contributed by atoms with van der Waals surface area (Å²) >= 11 is 0. The summed E-state index contributed by atoms with van der Waals surface area (Å²) in [5.74, 6) is -0.803. The van der Waals surface area contributed by atoms with E-state index in [2.05, 4.69) is 17.3 Å². The van der Waals surface area contributed by atoms with Crippen LogP contribution in [-0.2, 0) is 37.8 Å². The second-order valence-electron chi connectivity index (χ2n) is 5.07. The first kappa shape index (κ1) is 15.3. The Labute approximate surface area is 124 Å². The summed E-state index contributed by atoms with van der Waals surface area (Å²) < 4.78 is 1.83. The summed E-state index contributed by atoms with van der Waals surface area (Å²) in [4.78, 5) is 10.9. The Morgan fingerprint density at radius 1 is 1.24 bits per heavy atom. The molecule has 5 heteroatoms. The highest BCUT2D eigenvalue weighted by atomic mass is 16.4. The van der Waals surface area contributed by atoms with Gasteiger partial charge in [-0.05, 0) is 17.5 Å². The number of aryl methyl sites for hydroxylation is 2. The topological polar surface area (TPSA) is 67.2 Å². The number of benzene rings is 1. The lowest BCUT2D eigenvalue weighted by atomic mass is 10.0. The van der Waals surface area contributed by atoms with E-state index >= 15 is 0 Å². The molecule has 0 saturated carbocycles. The average molecular weight is 287 g/mol. The molecule has 2 aromatic rings. The summed E-state index contributed by atoms with van der Waals surface area (Å²) in [6, 6.07) is 7.64. The van der Waals surface area contributed by atoms with Crippen LogP contribution >= 0.6 is 0 Å². The molecule has 0 radical (unpaired) electrons. The van der Waals surface area contributed by atoms with Crippen LogP contribution in [0.15, 0.2) is 30.5 Å². The van der Waals surface area contributed by atoms with Crippen molar-refractivity contribution >= 4 is 5.97 Å². The standard InChI is InChI=1S/C16H21N3O2/c1-3-15-14(11-19(2)18-15)10-17-9-13-7-5-4-6-12(13)8-16(20)21/h4-7,11,17H,3,8-10H2,1-2H3,(H,20,21). The maximum absolute atomic E-state index is 10.9. The quantitative estimate of drug-likeness (QED) is 0.816. The van der Waals surface area contributed by atoms with Gasteiger partial charge in [-0.3, -0.25) is 9.48 Å². The summed E-state index contributed by atoms with van der Waals surface area (Å²) in [5.41, 5.74) is 4.18. The number of carbonyl (C=O) groups is 1. The molecule has 0 fully saturated rings. The number of aliphatic carboxylic acids is 1. The van der Waals surface area contributed by atoms with Gasteiger partial charge < -0.3 is 10.4 Å². The van der Waals surface area contributed by atoms with Crippen LogP contribution in [0.4, 0.5) is 0 Å². The van der Waals surface area contributed by atoms with E-state index in [-0.39, 0.29) is 6.42 Å². The first-order valence-electron chi connectivity index (χ1n) is 7.10. The van der Waals surface area contributed by atoms with Gasteiger partial charge in [0, 0.05) is 31.9 Å². The molecule has 0 spiro atoms. The largest absolute Gasteiger partial charge is 0.481 e. The molecule has 2 rings (SSSR count). The number of carboxylic acids is 1. The van der Waals surface area contributed by atoms with E-state index < -0.39 is 5.97 Å². The van der Waals surface area contributed by atoms with E-state index in [1.807, 2.05) is 42.2 Å². The Kier molecular flexibility index (Phi) is 5.11. The molecular weight excluding hydrogens is 266 g/mol. The van der Waals surface area contributed by atoms with E-state index in [4.69, 9.17) is 5.11 Å². The van der Waals surface area contributed by atoms with Crippen molar-refractivity contribution in [1.82, 2.24) is 15.1 Å². The van der Waals surface area contributed by atoms with Crippen LogP contribution in [0.1, 0.15) is 29.3 Å². The van der Waals surface area contributed by atoms with Crippen molar-refractivity contribution in [2.24, 2.45) is 7.05 Å². The lowest BCUT2D eigenvalue weighted by Crippen LogP contribution is -2.15. The highest BCUT2D eigenvalue weighted by molar-refractivity contribution is 5.70. The third-order valence-electron chi connectivity index (χ3n) is 3.42. The lowest BCUT2D eigenvalue weighted by molar-refractivity contribution is -0.136. The molecule has 5 nitrogen and oxygen atoms in total. The zero-order valence-corrected chi connectivity index (χ0v) is 12.5. The first-order valence-corrected chi connectivity index (χ1v) is 7.10. The monoisotopic (exact) mass is 287 g/mol. The van der Waals surface area contributed by atoms with Crippen molar-refractivity contribution in [3.05, 3.63) is 52.8 Å². The second kappa shape index (κ2) is 7.04. The molecule has 1 aromatic carbocycles. The Hall–Kier alpha value is -2.14. The van der Waals surface area contributed by atoms with E-state index in [1.54, 1.807) is 0 Å². The summed E-state index contributed by atoms with van der Waals surface area (Å²) in [6.45, 7) is 3.48. The second-order valence-corrected chi connectivity index (χ2v) is 5.07. The Morgan fingerprint density at radius 3 is 2.57 bits per heavy atom. The normalized spacial score (nSPS) is 10.8. The molecule has 0 bridgehead atoms. The summed E-state index contributed by atoms with van der Waals surface area (Å²) in [6.07, 6.45) is 2.99. The molecule has 0 saturated heterocycles. The highest BCUT2D eigenvalue weighted by Gasteiger charge is 2.08. The van der Waals surface area contributed by atoms with Gasteiger partial charge in [0.1, 0.15) is 0 Å². The predicted octanol–water partition coefficient (Wildman–Crippen LogP) is 1.90. The molecule has 0 aliphatic rings. The molecule has 0 aliphatic heterocycles. The zero-order valence-electron chi connectivity index (χ0n) is 12.5. The smallest absolute Gasteiger partial charge is 0.307 e. The molecule has 2 N–H and O–H groups in total. The number of rotatable bonds is 7. The van der Waals surface area contributed by atoms with Gasteiger partial charge in [0.25, 0.3) is 0 Å². The molecule has 1 heterocycles. The minimum atomic E-state index is -0.803. The number of nitrogens with zero attached hydrogens (tertiary/aromatic N) is 2. The highest BCUT2D eigenvalue weighted by Crippen LogP contribution is 2.11. The maximum Gasteiger partial charge on any atom is 0.307 e. The molecule has 0 amide bonds. The Morgan fingerprint density at radius 2 is 1.90 bits per heavy atom. The Balaban J connectivity index is 1.98. The van der Waals surface area contributed by atoms with Crippen molar-refractivity contribution in [2.75, 3.05) is 0 Å². The molecule has 0 aliphatic carbocycles. The van der Waals surface area contributed by atoms with E-state index in [1.165, 1.54) is 5.56 Å².